The van der Waals surface area contributed by atoms with E-state index in [1.807, 2.05) is 0 Å². The van der Waals surface area contributed by atoms with Gasteiger partial charge in [-0.15, -0.1) is 0 Å². The minimum atomic E-state index is 0.425. The molecule has 0 atom stereocenters. The van der Waals surface area contributed by atoms with Crippen LogP contribution in [0.4, 0.5) is 0 Å². The molecule has 0 aliphatic heterocycles. The summed E-state index contributed by atoms with van der Waals surface area (Å²) in [5.74, 6) is 0.446. The van der Waals surface area contributed by atoms with Gasteiger partial charge >= 0.3 is 0 Å². The Balaban J connectivity index is 2.51. The van der Waals surface area contributed by atoms with Crippen LogP contribution in [-0.4, -0.2) is 12.1 Å². The van der Waals surface area contributed by atoms with Crippen LogP contribution >= 0.6 is 23.2 Å². The summed E-state index contributed by atoms with van der Waals surface area (Å²) in [6, 6.07) is 8.91. The van der Waals surface area contributed by atoms with Crippen molar-refractivity contribution in [3.05, 3.63) is 46.1 Å². The lowest BCUT2D eigenvalue weighted by atomic mass is 10.1. The molecule has 0 saturated carbocycles. The van der Waals surface area contributed by atoms with Crippen LogP contribution in [0.1, 0.15) is 5.56 Å². The molecule has 0 unspecified atom stereocenters. The highest BCUT2D eigenvalue weighted by atomic mass is 35.5. The third-order valence-electron chi connectivity index (χ3n) is 2.42. The lowest BCUT2D eigenvalue weighted by Gasteiger charge is -2.06. The number of benzene rings is 1. The molecular formula is C13H8Cl2N2O. The maximum absolute atomic E-state index is 9.01. The zero-order chi connectivity index (χ0) is 13.1. The highest BCUT2D eigenvalue weighted by Crippen LogP contribution is 2.29. The summed E-state index contributed by atoms with van der Waals surface area (Å²) in [5.41, 5.74) is 1.86. The third kappa shape index (κ3) is 2.40. The molecule has 0 spiro atoms. The molecule has 2 aromatic rings. The maximum atomic E-state index is 9.01. The topological polar surface area (TPSA) is 45.9 Å². The van der Waals surface area contributed by atoms with Gasteiger partial charge in [-0.1, -0.05) is 29.3 Å². The molecule has 0 amide bonds. The van der Waals surface area contributed by atoms with Gasteiger partial charge in [-0.05, 0) is 18.2 Å². The largest absolute Gasteiger partial charge is 0.494 e. The van der Waals surface area contributed by atoms with Gasteiger partial charge in [-0.25, -0.2) is 0 Å². The van der Waals surface area contributed by atoms with Crippen LogP contribution in [0, 0.1) is 11.3 Å². The van der Waals surface area contributed by atoms with E-state index in [9.17, 15) is 0 Å². The highest BCUT2D eigenvalue weighted by Gasteiger charge is 2.08. The Labute approximate surface area is 115 Å². The molecule has 1 heterocycles. The van der Waals surface area contributed by atoms with Crippen molar-refractivity contribution in [2.24, 2.45) is 0 Å². The summed E-state index contributed by atoms with van der Waals surface area (Å²) in [6.07, 6.45) is 1.51. The Morgan fingerprint density at radius 1 is 1.22 bits per heavy atom. The fourth-order valence-corrected chi connectivity index (χ4v) is 1.80. The van der Waals surface area contributed by atoms with E-state index < -0.39 is 0 Å². The first-order chi connectivity index (χ1) is 8.65. The number of hydrogen-bond acceptors (Lipinski definition) is 3. The first-order valence-electron chi connectivity index (χ1n) is 5.05. The summed E-state index contributed by atoms with van der Waals surface area (Å²) in [5, 5.41) is 9.94. The van der Waals surface area contributed by atoms with Crippen molar-refractivity contribution in [1.29, 1.82) is 5.26 Å². The van der Waals surface area contributed by atoms with Crippen molar-refractivity contribution < 1.29 is 4.74 Å². The van der Waals surface area contributed by atoms with Crippen molar-refractivity contribution >= 4 is 23.2 Å². The molecule has 90 valence electrons. The predicted octanol–water partition coefficient (Wildman–Crippen LogP) is 3.94. The third-order valence-corrected chi connectivity index (χ3v) is 3.16. The van der Waals surface area contributed by atoms with Crippen LogP contribution < -0.4 is 4.74 Å². The summed E-state index contributed by atoms with van der Waals surface area (Å²) in [6.45, 7) is 0. The summed E-state index contributed by atoms with van der Waals surface area (Å²) in [7, 11) is 1.50. The fourth-order valence-electron chi connectivity index (χ4n) is 1.51. The monoisotopic (exact) mass is 278 g/mol. The standard InChI is InChI=1S/C13H8Cl2N2O/c1-18-13-7-17-12(5-9(13)6-16)8-2-3-10(14)11(15)4-8/h2-5,7H,1H3. The van der Waals surface area contributed by atoms with E-state index in [1.54, 1.807) is 24.3 Å². The fraction of sp³-hybridized carbons (Fsp3) is 0.0769. The van der Waals surface area contributed by atoms with Crippen LogP contribution in [0.15, 0.2) is 30.5 Å². The van der Waals surface area contributed by atoms with E-state index in [0.29, 0.717) is 27.1 Å². The Morgan fingerprint density at radius 2 is 2.00 bits per heavy atom. The Kier molecular flexibility index (Phi) is 3.71. The normalized spacial score (nSPS) is 9.89. The number of hydrogen-bond donors (Lipinski definition) is 0. The van der Waals surface area contributed by atoms with Crippen molar-refractivity contribution in [3.63, 3.8) is 0 Å². The van der Waals surface area contributed by atoms with Crippen LogP contribution in [-0.2, 0) is 0 Å². The number of methoxy groups -OCH3 is 1. The Hall–Kier alpha value is -1.76. The van der Waals surface area contributed by atoms with Gasteiger partial charge in [-0.3, -0.25) is 4.98 Å². The molecular weight excluding hydrogens is 271 g/mol. The number of pyridine rings is 1. The van der Waals surface area contributed by atoms with Crippen LogP contribution in [0.2, 0.25) is 10.0 Å². The van der Waals surface area contributed by atoms with Crippen LogP contribution in [0.5, 0.6) is 5.75 Å². The second kappa shape index (κ2) is 5.26. The van der Waals surface area contributed by atoms with Crippen molar-refractivity contribution in [2.45, 2.75) is 0 Å². The average Bonchev–Trinajstić information content (AvgIpc) is 2.41. The van der Waals surface area contributed by atoms with Gasteiger partial charge in [0.1, 0.15) is 6.07 Å². The first kappa shape index (κ1) is 12.7. The van der Waals surface area contributed by atoms with Gasteiger partial charge in [0.2, 0.25) is 0 Å². The van der Waals surface area contributed by atoms with Crippen molar-refractivity contribution in [2.75, 3.05) is 7.11 Å². The quantitative estimate of drug-likeness (QED) is 0.836. The van der Waals surface area contributed by atoms with E-state index in [2.05, 4.69) is 11.1 Å². The van der Waals surface area contributed by atoms with E-state index in [-0.39, 0.29) is 0 Å². The van der Waals surface area contributed by atoms with Crippen LogP contribution in [0.25, 0.3) is 11.3 Å². The predicted molar refractivity (Wildman–Crippen MR) is 71.0 cm³/mol. The van der Waals surface area contributed by atoms with E-state index in [4.69, 9.17) is 33.2 Å². The van der Waals surface area contributed by atoms with Crippen molar-refractivity contribution in [3.8, 4) is 23.1 Å². The number of halogens is 2. The average molecular weight is 279 g/mol. The number of nitrogens with zero attached hydrogens (tertiary/aromatic N) is 2. The summed E-state index contributed by atoms with van der Waals surface area (Å²) < 4.78 is 5.04. The molecule has 18 heavy (non-hydrogen) atoms. The molecule has 1 aromatic carbocycles. The van der Waals surface area contributed by atoms with E-state index in [0.717, 1.165) is 5.56 Å². The Morgan fingerprint density at radius 3 is 2.61 bits per heavy atom. The van der Waals surface area contributed by atoms with Crippen molar-refractivity contribution in [1.82, 2.24) is 4.98 Å². The van der Waals surface area contributed by atoms with Gasteiger partial charge in [0.15, 0.2) is 5.75 Å². The van der Waals surface area contributed by atoms with Gasteiger partial charge < -0.3 is 4.74 Å². The lowest BCUT2D eigenvalue weighted by molar-refractivity contribution is 0.411. The molecule has 0 aliphatic carbocycles. The Bertz CT molecular complexity index is 635. The molecule has 0 N–H and O–H groups in total. The van der Waals surface area contributed by atoms with Gasteiger partial charge in [-0.2, -0.15) is 5.26 Å². The molecule has 0 aliphatic rings. The maximum Gasteiger partial charge on any atom is 0.154 e. The first-order valence-corrected chi connectivity index (χ1v) is 5.81. The smallest absolute Gasteiger partial charge is 0.154 e. The molecule has 0 fully saturated rings. The number of rotatable bonds is 2. The number of aromatic nitrogens is 1. The molecule has 5 heteroatoms. The zero-order valence-electron chi connectivity index (χ0n) is 9.45. The van der Waals surface area contributed by atoms with Gasteiger partial charge in [0.05, 0.1) is 34.6 Å². The molecule has 1 aromatic heterocycles. The number of nitriles is 1. The molecule has 0 radical (unpaired) electrons. The SMILES string of the molecule is COc1cnc(-c2ccc(Cl)c(Cl)c2)cc1C#N. The minimum Gasteiger partial charge on any atom is -0.494 e. The van der Waals surface area contributed by atoms with E-state index >= 15 is 0 Å². The summed E-state index contributed by atoms with van der Waals surface area (Å²) >= 11 is 11.8. The second-order valence-electron chi connectivity index (χ2n) is 3.51. The zero-order valence-corrected chi connectivity index (χ0v) is 11.0. The van der Waals surface area contributed by atoms with Gasteiger partial charge in [0, 0.05) is 5.56 Å². The lowest BCUT2D eigenvalue weighted by Crippen LogP contribution is -1.92. The van der Waals surface area contributed by atoms with E-state index in [1.165, 1.54) is 13.3 Å². The number of ether oxygens (including phenoxy) is 1. The second-order valence-corrected chi connectivity index (χ2v) is 4.32. The molecule has 3 nitrogen and oxygen atoms in total. The van der Waals surface area contributed by atoms with Crippen LogP contribution in [0.3, 0.4) is 0 Å². The minimum absolute atomic E-state index is 0.425. The molecule has 0 bridgehead atoms. The van der Waals surface area contributed by atoms with Gasteiger partial charge in [0.25, 0.3) is 0 Å². The molecule has 0 saturated heterocycles. The highest BCUT2D eigenvalue weighted by molar-refractivity contribution is 6.42. The summed E-state index contributed by atoms with van der Waals surface area (Å²) in [4.78, 5) is 4.22. The molecule has 2 rings (SSSR count).